The third kappa shape index (κ3) is 1.46. The van der Waals surface area contributed by atoms with Crippen LogP contribution < -0.4 is 0 Å². The lowest BCUT2D eigenvalue weighted by Crippen LogP contribution is -2.71. The molecule has 0 saturated carbocycles. The maximum atomic E-state index is 12.4. The van der Waals surface area contributed by atoms with Gasteiger partial charge in [-0.2, -0.15) is 11.8 Å². The first-order valence-electron chi connectivity index (χ1n) is 5.49. The van der Waals surface area contributed by atoms with Crippen molar-refractivity contribution in [3.05, 3.63) is 0 Å². The molecule has 3 rings (SSSR count). The van der Waals surface area contributed by atoms with E-state index >= 15 is 0 Å². The van der Waals surface area contributed by atoms with Crippen LogP contribution in [0.3, 0.4) is 0 Å². The van der Waals surface area contributed by atoms with Gasteiger partial charge in [0.2, 0.25) is 0 Å². The minimum atomic E-state index is -0.579. The van der Waals surface area contributed by atoms with Crippen LogP contribution in [0.5, 0.6) is 0 Å². The van der Waals surface area contributed by atoms with E-state index in [9.17, 15) is 9.90 Å². The van der Waals surface area contributed by atoms with E-state index in [1.165, 1.54) is 0 Å². The van der Waals surface area contributed by atoms with Crippen LogP contribution in [0.1, 0.15) is 19.8 Å². The van der Waals surface area contributed by atoms with Crippen molar-refractivity contribution in [2.24, 2.45) is 5.41 Å². The predicted molar refractivity (Wildman–Crippen MR) is 62.1 cm³/mol. The molecule has 15 heavy (non-hydrogen) atoms. The molecule has 0 spiro atoms. The van der Waals surface area contributed by atoms with Gasteiger partial charge in [0.25, 0.3) is 0 Å². The van der Waals surface area contributed by atoms with Crippen molar-refractivity contribution in [1.82, 2.24) is 4.90 Å². The molecule has 2 bridgehead atoms. The Labute approximate surface area is 95.2 Å². The number of thioether (sulfide) groups is 1. The molecule has 3 aliphatic rings. The van der Waals surface area contributed by atoms with Crippen LogP contribution in [0.2, 0.25) is 0 Å². The number of aliphatic hydroxyl groups is 1. The number of carbonyl (C=O) groups is 1. The Morgan fingerprint density at radius 2 is 2.07 bits per heavy atom. The van der Waals surface area contributed by atoms with E-state index < -0.39 is 5.54 Å². The number of rotatable bonds is 3. The number of hydrogen-bond donors (Lipinski definition) is 1. The lowest BCUT2D eigenvalue weighted by Gasteiger charge is -2.56. The SMILES string of the molecule is CSC[C@@]1(CO)C(=O)C2(C)CCN1CC2. The number of nitrogens with zero attached hydrogens (tertiary/aromatic N) is 1. The summed E-state index contributed by atoms with van der Waals surface area (Å²) in [5.74, 6) is 0.988. The maximum absolute atomic E-state index is 12.4. The number of hydrogen-bond acceptors (Lipinski definition) is 4. The second kappa shape index (κ2) is 3.75. The third-order valence-electron chi connectivity index (χ3n) is 4.09. The molecule has 1 atom stereocenters. The Morgan fingerprint density at radius 3 is 2.53 bits per heavy atom. The zero-order valence-corrected chi connectivity index (χ0v) is 10.3. The zero-order chi connectivity index (χ0) is 11.1. The molecule has 4 heteroatoms. The Morgan fingerprint density at radius 1 is 1.47 bits per heavy atom. The van der Waals surface area contributed by atoms with Gasteiger partial charge in [0.1, 0.15) is 5.54 Å². The van der Waals surface area contributed by atoms with E-state index in [1.54, 1.807) is 11.8 Å². The monoisotopic (exact) mass is 229 g/mol. The van der Waals surface area contributed by atoms with Gasteiger partial charge in [-0.25, -0.2) is 0 Å². The fraction of sp³-hybridized carbons (Fsp3) is 0.909. The van der Waals surface area contributed by atoms with E-state index in [-0.39, 0.29) is 17.8 Å². The van der Waals surface area contributed by atoms with Gasteiger partial charge >= 0.3 is 0 Å². The highest BCUT2D eigenvalue weighted by Gasteiger charge is 2.57. The van der Waals surface area contributed by atoms with Gasteiger partial charge in [-0.05, 0) is 19.1 Å². The molecule has 3 saturated heterocycles. The van der Waals surface area contributed by atoms with E-state index in [0.29, 0.717) is 0 Å². The van der Waals surface area contributed by atoms with Gasteiger partial charge < -0.3 is 5.11 Å². The van der Waals surface area contributed by atoms with E-state index in [4.69, 9.17) is 0 Å². The smallest absolute Gasteiger partial charge is 0.162 e. The summed E-state index contributed by atoms with van der Waals surface area (Å²) in [6, 6.07) is 0. The number of aliphatic hydroxyl groups excluding tert-OH is 1. The van der Waals surface area contributed by atoms with Crippen LogP contribution in [-0.2, 0) is 4.79 Å². The van der Waals surface area contributed by atoms with Crippen molar-refractivity contribution in [2.45, 2.75) is 25.3 Å². The molecule has 1 N–H and O–H groups in total. The van der Waals surface area contributed by atoms with Crippen LogP contribution in [-0.4, -0.2) is 53.0 Å². The summed E-state index contributed by atoms with van der Waals surface area (Å²) in [5.41, 5.74) is -0.752. The van der Waals surface area contributed by atoms with E-state index in [1.807, 2.05) is 6.26 Å². The van der Waals surface area contributed by atoms with Crippen molar-refractivity contribution in [2.75, 3.05) is 31.7 Å². The normalized spacial score (nSPS) is 44.7. The highest BCUT2D eigenvalue weighted by molar-refractivity contribution is 7.98. The van der Waals surface area contributed by atoms with Crippen LogP contribution in [0.15, 0.2) is 0 Å². The average Bonchev–Trinajstić information content (AvgIpc) is 2.25. The Bertz CT molecular complexity index is 274. The summed E-state index contributed by atoms with van der Waals surface area (Å²) >= 11 is 1.65. The van der Waals surface area contributed by atoms with Crippen LogP contribution in [0, 0.1) is 5.41 Å². The van der Waals surface area contributed by atoms with Gasteiger partial charge in [-0.15, -0.1) is 0 Å². The molecule has 0 unspecified atom stereocenters. The summed E-state index contributed by atoms with van der Waals surface area (Å²) in [6.07, 6.45) is 3.92. The minimum absolute atomic E-state index is 0.0255. The lowest BCUT2D eigenvalue weighted by molar-refractivity contribution is -0.159. The largest absolute Gasteiger partial charge is 0.394 e. The van der Waals surface area contributed by atoms with E-state index in [0.717, 1.165) is 31.7 Å². The highest BCUT2D eigenvalue weighted by atomic mass is 32.2. The summed E-state index contributed by atoms with van der Waals surface area (Å²) in [7, 11) is 0. The first-order chi connectivity index (χ1) is 7.09. The molecule has 0 aromatic heterocycles. The van der Waals surface area contributed by atoms with Gasteiger partial charge in [0, 0.05) is 24.3 Å². The number of piperidine rings is 3. The number of Topliss-reactive ketones (excluding diaryl/α,β-unsaturated/α-hetero) is 1. The molecule has 86 valence electrons. The average molecular weight is 229 g/mol. The number of fused-ring (bicyclic) bond motifs is 3. The second-order valence-electron chi connectivity index (χ2n) is 5.00. The zero-order valence-electron chi connectivity index (χ0n) is 9.45. The fourth-order valence-corrected chi connectivity index (χ4v) is 3.86. The van der Waals surface area contributed by atoms with Gasteiger partial charge in [-0.3, -0.25) is 9.69 Å². The summed E-state index contributed by atoms with van der Waals surface area (Å²) < 4.78 is 0. The molecule has 0 amide bonds. The molecule has 3 heterocycles. The third-order valence-corrected chi connectivity index (χ3v) is 4.85. The Kier molecular flexibility index (Phi) is 2.86. The quantitative estimate of drug-likeness (QED) is 0.776. The maximum Gasteiger partial charge on any atom is 0.162 e. The minimum Gasteiger partial charge on any atom is -0.394 e. The summed E-state index contributed by atoms with van der Waals surface area (Å²) in [5, 5.41) is 9.60. The number of carbonyl (C=O) groups excluding carboxylic acids is 1. The fourth-order valence-electron chi connectivity index (χ4n) is 2.97. The molecular formula is C11H19NO2S. The lowest BCUT2D eigenvalue weighted by atomic mass is 9.64. The highest BCUT2D eigenvalue weighted by Crippen LogP contribution is 2.45. The first-order valence-corrected chi connectivity index (χ1v) is 6.88. The number of ketones is 1. The van der Waals surface area contributed by atoms with Gasteiger partial charge in [0.15, 0.2) is 5.78 Å². The Hall–Kier alpha value is -0.0600. The molecule has 0 aromatic carbocycles. The van der Waals surface area contributed by atoms with Crippen LogP contribution >= 0.6 is 11.8 Å². The molecule has 0 radical (unpaired) electrons. The summed E-state index contributed by atoms with van der Waals surface area (Å²) in [4.78, 5) is 14.6. The van der Waals surface area contributed by atoms with Crippen molar-refractivity contribution in [3.63, 3.8) is 0 Å². The Balaban J connectivity index is 2.34. The predicted octanol–water partition coefficient (Wildman–Crippen LogP) is 0.765. The molecule has 3 fully saturated rings. The van der Waals surface area contributed by atoms with E-state index in [2.05, 4.69) is 11.8 Å². The van der Waals surface area contributed by atoms with Crippen LogP contribution in [0.25, 0.3) is 0 Å². The van der Waals surface area contributed by atoms with Crippen molar-refractivity contribution in [1.29, 1.82) is 0 Å². The van der Waals surface area contributed by atoms with Crippen molar-refractivity contribution in [3.8, 4) is 0 Å². The van der Waals surface area contributed by atoms with Crippen molar-refractivity contribution >= 4 is 17.5 Å². The summed E-state index contributed by atoms with van der Waals surface area (Å²) in [6.45, 7) is 3.96. The molecule has 3 aliphatic heterocycles. The first kappa shape index (κ1) is 11.4. The standard InChI is InChI=1S/C11H19NO2S/c1-10-3-5-12(6-4-10)11(7-13,8-15-2)9(10)14/h13H,3-8H2,1-2H3/t11-/m0/s1. The van der Waals surface area contributed by atoms with Gasteiger partial charge in [-0.1, -0.05) is 6.92 Å². The molecule has 0 aliphatic carbocycles. The topological polar surface area (TPSA) is 40.5 Å². The van der Waals surface area contributed by atoms with Crippen LogP contribution in [0.4, 0.5) is 0 Å². The van der Waals surface area contributed by atoms with Crippen molar-refractivity contribution < 1.29 is 9.90 Å². The molecule has 0 aromatic rings. The molecule has 3 nitrogen and oxygen atoms in total. The second-order valence-corrected chi connectivity index (χ2v) is 5.87. The molecular weight excluding hydrogens is 210 g/mol. The van der Waals surface area contributed by atoms with Gasteiger partial charge in [0.05, 0.1) is 6.61 Å².